The van der Waals surface area contributed by atoms with Crippen LogP contribution in [0.3, 0.4) is 0 Å². The Hall–Kier alpha value is -0.780. The second kappa shape index (κ2) is 2.69. The molecule has 2 heterocycles. The van der Waals surface area contributed by atoms with Crippen LogP contribution in [0.15, 0.2) is 17.5 Å². The Kier molecular flexibility index (Phi) is 1.69. The maximum Gasteiger partial charge on any atom is 0.0878 e. The molecule has 0 N–H and O–H groups in total. The molecule has 2 aromatic heterocycles. The van der Waals surface area contributed by atoms with Gasteiger partial charge in [0.2, 0.25) is 0 Å². The zero-order chi connectivity index (χ0) is 7.68. The number of hydrogen-bond acceptors (Lipinski definition) is 2. The summed E-state index contributed by atoms with van der Waals surface area (Å²) >= 11 is 3.56. The first kappa shape index (κ1) is 6.90. The lowest BCUT2D eigenvalue weighted by Crippen LogP contribution is -1.55. The van der Waals surface area contributed by atoms with Crippen molar-refractivity contribution < 1.29 is 0 Å². The molecule has 0 saturated heterocycles. The topological polar surface area (TPSA) is 0 Å². The summed E-state index contributed by atoms with van der Waals surface area (Å²) in [6, 6.07) is 4.28. The lowest BCUT2D eigenvalue weighted by Gasteiger charge is -1.72. The van der Waals surface area contributed by atoms with Gasteiger partial charge >= 0.3 is 0 Å². The van der Waals surface area contributed by atoms with Crippen molar-refractivity contribution in [3.8, 4) is 11.8 Å². The van der Waals surface area contributed by atoms with Crippen LogP contribution in [-0.4, -0.2) is 0 Å². The molecule has 2 rings (SSSR count). The zero-order valence-electron chi connectivity index (χ0n) is 6.05. The van der Waals surface area contributed by atoms with Gasteiger partial charge in [-0.15, -0.1) is 28.6 Å². The van der Waals surface area contributed by atoms with Gasteiger partial charge in [0.15, 0.2) is 0 Å². The smallest absolute Gasteiger partial charge is 0.0878 e. The normalized spacial score (nSPS) is 9.55. The summed E-state index contributed by atoms with van der Waals surface area (Å²) in [6.07, 6.45) is 0. The molecule has 2 heteroatoms. The molecule has 0 aromatic carbocycles. The van der Waals surface area contributed by atoms with Crippen molar-refractivity contribution in [3.63, 3.8) is 0 Å². The SMILES string of the molecule is CC#Cc1cc2ccsc2s1. The first-order valence-corrected chi connectivity index (χ1v) is 4.99. The van der Waals surface area contributed by atoms with Gasteiger partial charge in [0, 0.05) is 5.39 Å². The van der Waals surface area contributed by atoms with Crippen molar-refractivity contribution in [2.24, 2.45) is 0 Å². The van der Waals surface area contributed by atoms with Gasteiger partial charge < -0.3 is 0 Å². The van der Waals surface area contributed by atoms with Crippen molar-refractivity contribution in [1.29, 1.82) is 0 Å². The van der Waals surface area contributed by atoms with Gasteiger partial charge in [-0.2, -0.15) is 0 Å². The molecule has 0 bridgehead atoms. The van der Waals surface area contributed by atoms with Gasteiger partial charge in [0.25, 0.3) is 0 Å². The van der Waals surface area contributed by atoms with Gasteiger partial charge in [-0.25, -0.2) is 0 Å². The van der Waals surface area contributed by atoms with E-state index in [0.29, 0.717) is 0 Å². The minimum atomic E-state index is 1.18. The van der Waals surface area contributed by atoms with E-state index in [-0.39, 0.29) is 0 Å². The fourth-order valence-corrected chi connectivity index (χ4v) is 2.96. The van der Waals surface area contributed by atoms with Crippen LogP contribution in [-0.2, 0) is 0 Å². The van der Waals surface area contributed by atoms with Gasteiger partial charge in [0.1, 0.15) is 0 Å². The molecule has 2 aromatic rings. The maximum absolute atomic E-state index is 3.06. The molecular weight excluding hydrogens is 172 g/mol. The predicted molar refractivity (Wildman–Crippen MR) is 52.3 cm³/mol. The Labute approximate surface area is 73.5 Å². The summed E-state index contributed by atoms with van der Waals surface area (Å²) < 4.78 is 1.38. The third-order valence-electron chi connectivity index (χ3n) is 1.40. The van der Waals surface area contributed by atoms with Gasteiger partial charge in [-0.1, -0.05) is 5.92 Å². The van der Waals surface area contributed by atoms with Gasteiger partial charge in [-0.05, 0) is 24.4 Å². The number of rotatable bonds is 0. The molecule has 0 radical (unpaired) electrons. The second-order valence-electron chi connectivity index (χ2n) is 2.15. The standard InChI is InChI=1S/C9H6S2/c1-2-3-8-6-7-4-5-10-9(7)11-8/h4-6H,1H3. The van der Waals surface area contributed by atoms with Crippen LogP contribution in [0.4, 0.5) is 0 Å². The largest absolute Gasteiger partial charge is 0.133 e. The monoisotopic (exact) mass is 178 g/mol. The van der Waals surface area contributed by atoms with Gasteiger partial charge in [-0.3, -0.25) is 0 Å². The highest BCUT2D eigenvalue weighted by atomic mass is 32.2. The third-order valence-corrected chi connectivity index (χ3v) is 3.52. The van der Waals surface area contributed by atoms with Crippen LogP contribution >= 0.6 is 22.7 Å². The van der Waals surface area contributed by atoms with E-state index in [1.807, 2.05) is 6.92 Å². The summed E-state index contributed by atoms with van der Waals surface area (Å²) in [4.78, 5) is 1.18. The summed E-state index contributed by atoms with van der Waals surface area (Å²) in [7, 11) is 0. The highest BCUT2D eigenvalue weighted by Gasteiger charge is 1.98. The molecule has 0 fully saturated rings. The lowest BCUT2D eigenvalue weighted by molar-refractivity contribution is 1.88. The summed E-state index contributed by atoms with van der Waals surface area (Å²) in [5, 5.41) is 3.45. The average molecular weight is 178 g/mol. The van der Waals surface area contributed by atoms with E-state index in [1.54, 1.807) is 22.7 Å². The minimum Gasteiger partial charge on any atom is -0.133 e. The Balaban J connectivity index is 2.64. The third kappa shape index (κ3) is 1.18. The van der Waals surface area contributed by atoms with Crippen LogP contribution in [0, 0.1) is 11.8 Å². The molecule has 0 aliphatic carbocycles. The molecule has 0 unspecified atom stereocenters. The quantitative estimate of drug-likeness (QED) is 0.543. The van der Waals surface area contributed by atoms with E-state index in [1.165, 1.54) is 14.3 Å². The fourth-order valence-electron chi connectivity index (χ4n) is 0.951. The Morgan fingerprint density at radius 1 is 1.45 bits per heavy atom. The van der Waals surface area contributed by atoms with E-state index in [9.17, 15) is 0 Å². The average Bonchev–Trinajstić information content (AvgIpc) is 2.46. The molecule has 0 atom stereocenters. The van der Waals surface area contributed by atoms with E-state index in [0.717, 1.165) is 0 Å². The zero-order valence-corrected chi connectivity index (χ0v) is 7.68. The van der Waals surface area contributed by atoms with Crippen LogP contribution in [0.2, 0.25) is 0 Å². The highest BCUT2D eigenvalue weighted by Crippen LogP contribution is 2.29. The first-order valence-electron chi connectivity index (χ1n) is 3.30. The molecular formula is C9H6S2. The summed E-state index contributed by atoms with van der Waals surface area (Å²) in [6.45, 7) is 1.87. The van der Waals surface area contributed by atoms with Crippen molar-refractivity contribution in [2.45, 2.75) is 6.92 Å². The molecule has 11 heavy (non-hydrogen) atoms. The van der Waals surface area contributed by atoms with E-state index in [4.69, 9.17) is 0 Å². The minimum absolute atomic E-state index is 1.18. The Morgan fingerprint density at radius 3 is 3.09 bits per heavy atom. The molecule has 54 valence electrons. The number of hydrogen-bond donors (Lipinski definition) is 0. The number of fused-ring (bicyclic) bond motifs is 1. The Bertz CT molecular complexity index is 394. The highest BCUT2D eigenvalue weighted by molar-refractivity contribution is 7.37. The van der Waals surface area contributed by atoms with Crippen molar-refractivity contribution in [3.05, 3.63) is 22.4 Å². The summed E-state index contributed by atoms with van der Waals surface area (Å²) in [5.74, 6) is 5.96. The molecule has 0 saturated carbocycles. The van der Waals surface area contributed by atoms with Crippen LogP contribution < -0.4 is 0 Å². The molecule has 0 aliphatic rings. The van der Waals surface area contributed by atoms with E-state index >= 15 is 0 Å². The maximum atomic E-state index is 3.06. The molecule has 0 amide bonds. The van der Waals surface area contributed by atoms with E-state index < -0.39 is 0 Å². The molecule has 0 spiro atoms. The molecule has 0 nitrogen and oxygen atoms in total. The fraction of sp³-hybridized carbons (Fsp3) is 0.111. The van der Waals surface area contributed by atoms with E-state index in [2.05, 4.69) is 29.4 Å². The van der Waals surface area contributed by atoms with Crippen molar-refractivity contribution >= 4 is 32.1 Å². The first-order chi connectivity index (χ1) is 5.40. The molecule has 0 aliphatic heterocycles. The van der Waals surface area contributed by atoms with Crippen LogP contribution in [0.1, 0.15) is 11.8 Å². The summed E-state index contributed by atoms with van der Waals surface area (Å²) in [5.41, 5.74) is 0. The van der Waals surface area contributed by atoms with Crippen molar-refractivity contribution in [1.82, 2.24) is 0 Å². The lowest BCUT2D eigenvalue weighted by atomic mass is 10.4. The number of thiophene rings is 2. The van der Waals surface area contributed by atoms with Crippen LogP contribution in [0.25, 0.3) is 9.40 Å². The van der Waals surface area contributed by atoms with Crippen molar-refractivity contribution in [2.75, 3.05) is 0 Å². The predicted octanol–water partition coefficient (Wildman–Crippen LogP) is 3.33. The Morgan fingerprint density at radius 2 is 2.36 bits per heavy atom. The second-order valence-corrected chi connectivity index (χ2v) is 4.38. The van der Waals surface area contributed by atoms with Gasteiger partial charge in [0.05, 0.1) is 8.89 Å². The van der Waals surface area contributed by atoms with Crippen LogP contribution in [0.5, 0.6) is 0 Å².